The first-order valence-electron chi connectivity index (χ1n) is 8.22. The zero-order valence-corrected chi connectivity index (χ0v) is 15.0. The Balaban J connectivity index is 2.19. The van der Waals surface area contributed by atoms with Crippen molar-refractivity contribution in [2.75, 3.05) is 0 Å². The van der Waals surface area contributed by atoms with Crippen LogP contribution in [0.15, 0.2) is 97.1 Å². The molecule has 0 amide bonds. The summed E-state index contributed by atoms with van der Waals surface area (Å²) in [7, 11) is -3.48. The predicted octanol–water partition coefficient (Wildman–Crippen LogP) is 5.35. The minimum Gasteiger partial charge on any atom is -0.309 e. The quantitative estimate of drug-likeness (QED) is 0.551. The molecule has 126 valence electrons. The molecule has 1 aliphatic carbocycles. The van der Waals surface area contributed by atoms with Gasteiger partial charge in [-0.1, -0.05) is 97.1 Å². The first kappa shape index (κ1) is 17.4. The average molecular weight is 348 g/mol. The van der Waals surface area contributed by atoms with Crippen molar-refractivity contribution < 1.29 is 9.36 Å². The van der Waals surface area contributed by atoms with Crippen LogP contribution in [0, 0.1) is 0 Å². The summed E-state index contributed by atoms with van der Waals surface area (Å²) < 4.78 is 14.3. The SMILES string of the molecule is C=C1CC(=C)C(P(=O)(C(=O)c2ccccc2)c2ccccc2)C(=C)C1. The van der Waals surface area contributed by atoms with Crippen LogP contribution < -0.4 is 5.30 Å². The van der Waals surface area contributed by atoms with Gasteiger partial charge in [-0.25, -0.2) is 0 Å². The van der Waals surface area contributed by atoms with Crippen LogP contribution in [0.3, 0.4) is 0 Å². The zero-order valence-electron chi connectivity index (χ0n) is 14.2. The van der Waals surface area contributed by atoms with E-state index in [2.05, 4.69) is 19.7 Å². The number of carbonyl (C=O) groups excluding carboxylic acids is 1. The third-order valence-electron chi connectivity index (χ3n) is 4.55. The van der Waals surface area contributed by atoms with Crippen LogP contribution >= 0.6 is 7.14 Å². The molecule has 2 aromatic rings. The van der Waals surface area contributed by atoms with E-state index in [0.29, 0.717) is 23.7 Å². The van der Waals surface area contributed by atoms with Gasteiger partial charge in [0.25, 0.3) is 0 Å². The van der Waals surface area contributed by atoms with Crippen molar-refractivity contribution in [1.29, 1.82) is 0 Å². The van der Waals surface area contributed by atoms with Crippen molar-refractivity contribution in [1.82, 2.24) is 0 Å². The van der Waals surface area contributed by atoms with Gasteiger partial charge >= 0.3 is 0 Å². The first-order valence-corrected chi connectivity index (χ1v) is 9.99. The summed E-state index contributed by atoms with van der Waals surface area (Å²) in [4.78, 5) is 13.4. The Morgan fingerprint density at radius 1 is 0.840 bits per heavy atom. The van der Waals surface area contributed by atoms with E-state index in [0.717, 1.165) is 16.7 Å². The number of allylic oxidation sites excluding steroid dienone is 3. The maximum Gasteiger partial charge on any atom is 0.226 e. The summed E-state index contributed by atoms with van der Waals surface area (Å²) in [5, 5.41) is 0.559. The molecule has 1 saturated carbocycles. The second kappa shape index (κ2) is 6.82. The largest absolute Gasteiger partial charge is 0.309 e. The third kappa shape index (κ3) is 3.10. The molecule has 0 aliphatic heterocycles. The summed E-state index contributed by atoms with van der Waals surface area (Å²) in [5.41, 5.74) is 2.11. The van der Waals surface area contributed by atoms with E-state index in [1.54, 1.807) is 36.4 Å². The molecule has 1 atom stereocenters. The summed E-state index contributed by atoms with van der Waals surface area (Å²) >= 11 is 0. The number of rotatable bonds is 4. The highest BCUT2D eigenvalue weighted by Crippen LogP contribution is 2.59. The lowest BCUT2D eigenvalue weighted by molar-refractivity contribution is 0.107. The Hall–Kier alpha value is -2.44. The van der Waals surface area contributed by atoms with Crippen molar-refractivity contribution in [3.05, 3.63) is 103 Å². The van der Waals surface area contributed by atoms with Gasteiger partial charge in [-0.3, -0.25) is 4.79 Å². The van der Waals surface area contributed by atoms with Crippen molar-refractivity contribution in [3.8, 4) is 0 Å². The van der Waals surface area contributed by atoms with Gasteiger partial charge in [0.1, 0.15) is 0 Å². The summed E-state index contributed by atoms with van der Waals surface area (Å²) in [6.07, 6.45) is 1.17. The molecule has 3 heteroatoms. The highest BCUT2D eigenvalue weighted by Gasteiger charge is 2.46. The van der Waals surface area contributed by atoms with Crippen LogP contribution in [0.5, 0.6) is 0 Å². The predicted molar refractivity (Wildman–Crippen MR) is 105 cm³/mol. The number of carbonyl (C=O) groups is 1. The van der Waals surface area contributed by atoms with E-state index >= 15 is 0 Å². The Morgan fingerprint density at radius 2 is 1.32 bits per heavy atom. The molecule has 0 aromatic heterocycles. The van der Waals surface area contributed by atoms with Crippen molar-refractivity contribution >= 4 is 18.0 Å². The molecule has 2 nitrogen and oxygen atoms in total. The molecule has 0 saturated heterocycles. The Kier molecular flexibility index (Phi) is 4.74. The molecular formula is C22H21O2P. The van der Waals surface area contributed by atoms with Gasteiger partial charge in [0.05, 0.1) is 5.66 Å². The van der Waals surface area contributed by atoms with Crippen molar-refractivity contribution in [2.45, 2.75) is 18.5 Å². The van der Waals surface area contributed by atoms with Gasteiger partial charge < -0.3 is 4.57 Å². The lowest BCUT2D eigenvalue weighted by atomic mass is 9.88. The van der Waals surface area contributed by atoms with E-state index in [1.165, 1.54) is 0 Å². The molecule has 0 radical (unpaired) electrons. The normalized spacial score (nSPS) is 18.0. The Morgan fingerprint density at radius 3 is 1.84 bits per heavy atom. The summed E-state index contributed by atoms with van der Waals surface area (Å²) in [5.74, 6) is 0. The highest BCUT2D eigenvalue weighted by molar-refractivity contribution is 7.88. The molecule has 3 rings (SSSR count). The zero-order chi connectivity index (χ0) is 18.0. The minimum absolute atomic E-state index is 0.334. The van der Waals surface area contributed by atoms with Crippen LogP contribution in [0.2, 0.25) is 0 Å². The van der Waals surface area contributed by atoms with Crippen LogP contribution in [0.25, 0.3) is 0 Å². The fraction of sp³-hybridized carbons (Fsp3) is 0.136. The van der Waals surface area contributed by atoms with Crippen LogP contribution in [0.1, 0.15) is 23.2 Å². The summed E-state index contributed by atoms with van der Waals surface area (Å²) in [6.45, 7) is 12.2. The maximum absolute atomic E-state index is 14.3. The monoisotopic (exact) mass is 348 g/mol. The van der Waals surface area contributed by atoms with Gasteiger partial charge in [0, 0.05) is 10.9 Å². The molecular weight excluding hydrogens is 327 g/mol. The van der Waals surface area contributed by atoms with Crippen LogP contribution in [-0.2, 0) is 4.57 Å². The smallest absolute Gasteiger partial charge is 0.226 e. The van der Waals surface area contributed by atoms with E-state index in [1.807, 2.05) is 24.3 Å². The molecule has 1 unspecified atom stereocenters. The minimum atomic E-state index is -3.48. The second-order valence-electron chi connectivity index (χ2n) is 6.49. The standard InChI is InChI=1S/C22H21O2P/c1-16-14-17(2)21(18(3)15-16)25(24,20-12-8-5-9-13-20)22(23)19-10-6-4-7-11-19/h4-13,21H,1-3,14-15H2. The van der Waals surface area contributed by atoms with Crippen LogP contribution in [0.4, 0.5) is 0 Å². The lowest BCUT2D eigenvalue weighted by Gasteiger charge is -2.34. The first-order chi connectivity index (χ1) is 11.9. The molecule has 0 N–H and O–H groups in total. The van der Waals surface area contributed by atoms with E-state index in [-0.39, 0.29) is 5.52 Å². The van der Waals surface area contributed by atoms with Gasteiger partial charge in [-0.05, 0) is 12.8 Å². The second-order valence-corrected chi connectivity index (χ2v) is 9.24. The molecule has 0 spiro atoms. The maximum atomic E-state index is 14.3. The van der Waals surface area contributed by atoms with Gasteiger partial charge in [-0.15, -0.1) is 0 Å². The molecule has 0 bridgehead atoms. The molecule has 2 aromatic carbocycles. The molecule has 1 fully saturated rings. The molecule has 25 heavy (non-hydrogen) atoms. The average Bonchev–Trinajstić information content (AvgIpc) is 2.61. The van der Waals surface area contributed by atoms with Crippen molar-refractivity contribution in [2.24, 2.45) is 0 Å². The van der Waals surface area contributed by atoms with Gasteiger partial charge in [-0.2, -0.15) is 0 Å². The number of benzene rings is 2. The van der Waals surface area contributed by atoms with E-state index < -0.39 is 12.8 Å². The molecule has 1 aliphatic rings. The molecule has 0 heterocycles. The Labute approximate surface area is 149 Å². The summed E-state index contributed by atoms with van der Waals surface area (Å²) in [6, 6.07) is 17.9. The van der Waals surface area contributed by atoms with E-state index in [9.17, 15) is 9.36 Å². The van der Waals surface area contributed by atoms with Gasteiger partial charge in [0.2, 0.25) is 5.52 Å². The fourth-order valence-corrected chi connectivity index (χ4v) is 6.63. The van der Waals surface area contributed by atoms with E-state index in [4.69, 9.17) is 0 Å². The lowest BCUT2D eigenvalue weighted by Crippen LogP contribution is -2.29. The van der Waals surface area contributed by atoms with Crippen LogP contribution in [-0.4, -0.2) is 11.2 Å². The third-order valence-corrected chi connectivity index (χ3v) is 7.94. The number of hydrogen-bond acceptors (Lipinski definition) is 2. The number of hydrogen-bond donors (Lipinski definition) is 0. The topological polar surface area (TPSA) is 34.1 Å². The Bertz CT molecular complexity index is 874. The van der Waals surface area contributed by atoms with Gasteiger partial charge in [0.15, 0.2) is 7.14 Å². The fourth-order valence-electron chi connectivity index (χ4n) is 3.51. The van der Waals surface area contributed by atoms with Crippen molar-refractivity contribution in [3.63, 3.8) is 0 Å². The highest BCUT2D eigenvalue weighted by atomic mass is 31.2.